The fourth-order valence-electron chi connectivity index (χ4n) is 11.7. The molecular formula is C80H100Cl4O12. The van der Waals surface area contributed by atoms with Crippen molar-refractivity contribution in [3.8, 4) is 0 Å². The highest BCUT2D eigenvalue weighted by Gasteiger charge is 2.32. The third kappa shape index (κ3) is 29.3. The van der Waals surface area contributed by atoms with Gasteiger partial charge in [-0.2, -0.15) is 0 Å². The Morgan fingerprint density at radius 1 is 0.312 bits per heavy atom. The van der Waals surface area contributed by atoms with Crippen molar-refractivity contribution < 1.29 is 57.3 Å². The maximum Gasteiger partial charge on any atom is 0.306 e. The number of allylic oxidation sites excluding steroid dienone is 24. The van der Waals surface area contributed by atoms with E-state index in [0.29, 0.717) is 151 Å². The average molecular weight is 1400 g/mol. The Hall–Kier alpha value is -6.44. The molecule has 0 amide bonds. The molecule has 16 heteroatoms. The largest absolute Gasteiger partial charge is 0.462 e. The summed E-state index contributed by atoms with van der Waals surface area (Å²) in [5.74, 6) is -3.40. The molecule has 0 N–H and O–H groups in total. The molecule has 0 aromatic rings. The van der Waals surface area contributed by atoms with Crippen molar-refractivity contribution in [2.24, 2.45) is 23.7 Å². The van der Waals surface area contributed by atoms with Crippen molar-refractivity contribution in [1.29, 1.82) is 0 Å². The lowest BCUT2D eigenvalue weighted by Crippen LogP contribution is -2.18. The van der Waals surface area contributed by atoms with Gasteiger partial charge in [-0.15, -0.1) is 0 Å². The number of carbonyl (C=O) groups excluding carboxylic acids is 8. The molecule has 1 heterocycles. The number of carbonyl (C=O) groups is 8. The van der Waals surface area contributed by atoms with Gasteiger partial charge in [0.15, 0.2) is 23.1 Å². The maximum atomic E-state index is 13.3. The highest BCUT2D eigenvalue weighted by molar-refractivity contribution is 6.47. The summed E-state index contributed by atoms with van der Waals surface area (Å²) in [6.45, 7) is 8.11. The smallest absolute Gasteiger partial charge is 0.306 e. The number of Topliss-reactive ketones (excluding diaryl/α,β-unsaturated/α-hetero) is 4. The van der Waals surface area contributed by atoms with Crippen LogP contribution in [-0.2, 0) is 57.3 Å². The second-order valence-electron chi connectivity index (χ2n) is 24.7. The summed E-state index contributed by atoms with van der Waals surface area (Å²) < 4.78 is 24.0. The molecule has 96 heavy (non-hydrogen) atoms. The molecule has 0 bridgehead atoms. The molecule has 1 aliphatic heterocycles. The van der Waals surface area contributed by atoms with Crippen LogP contribution in [0.4, 0.5) is 0 Å². The van der Waals surface area contributed by atoms with Gasteiger partial charge in [-0.05, 0) is 103 Å². The van der Waals surface area contributed by atoms with Gasteiger partial charge < -0.3 is 18.9 Å². The van der Waals surface area contributed by atoms with Gasteiger partial charge in [0, 0.05) is 123 Å². The monoisotopic (exact) mass is 1390 g/mol. The van der Waals surface area contributed by atoms with Crippen LogP contribution < -0.4 is 0 Å². The maximum absolute atomic E-state index is 13.3. The normalized spacial score (nSPS) is 26.1. The topological polar surface area (TPSA) is 173 Å². The van der Waals surface area contributed by atoms with Crippen LogP contribution in [0, 0.1) is 23.7 Å². The molecule has 0 fully saturated rings. The van der Waals surface area contributed by atoms with E-state index in [4.69, 9.17) is 65.4 Å². The Balaban J connectivity index is 1.29. The number of esters is 4. The standard InChI is InChI=1S/C80H100Cl4O12/c1-5-9-21-37-61-45-49-65-57(53-69(81)77(65)89)33-25-14-18-30-42-74(86)94-63(39-23-11-7-3)47-51-67-59(55-71(83)79(67)91)35-27-16-20-32-44-76(88)96-64(40-24-12-8-4)48-52-68-60(56-72(84)80(68)92)36-28-15-19-31-43-75(87)95-62(38-22-10-6-2)46-50-66-58(54-70(82)78(66)90)34-26-13-17-29-41-73(85)93-61/h9-16,21-28,49-64H,5-8,17-20,29-48H2,1-4H3/b21-9-,22-10-,23-11-,24-12-,25-14?,26-13?,27-16?,28-15?,65-49?,66-50?,67-51?,68-52?/t57-,58?,59?,60-,61-,62+,63+,64-/m0/s1. The van der Waals surface area contributed by atoms with Crippen molar-refractivity contribution in [2.45, 2.75) is 232 Å². The molecule has 520 valence electrons. The van der Waals surface area contributed by atoms with Crippen LogP contribution in [0.15, 0.2) is 188 Å². The Labute approximate surface area is 590 Å². The van der Waals surface area contributed by atoms with Crippen molar-refractivity contribution in [2.75, 3.05) is 0 Å². The summed E-state index contributed by atoms with van der Waals surface area (Å²) in [4.78, 5) is 106. The third-order valence-corrected chi connectivity index (χ3v) is 18.1. The van der Waals surface area contributed by atoms with Gasteiger partial charge in [-0.25, -0.2) is 0 Å². The zero-order valence-corrected chi connectivity index (χ0v) is 59.7. The summed E-state index contributed by atoms with van der Waals surface area (Å²) in [5.41, 5.74) is 2.21. The zero-order chi connectivity index (χ0) is 69.5. The molecule has 2 unspecified atom stereocenters. The molecule has 0 saturated heterocycles. The van der Waals surface area contributed by atoms with Gasteiger partial charge in [0.25, 0.3) is 0 Å². The van der Waals surface area contributed by atoms with E-state index in [1.807, 2.05) is 149 Å². The molecule has 0 radical (unpaired) electrons. The Kier molecular flexibility index (Phi) is 38.4. The van der Waals surface area contributed by atoms with Crippen LogP contribution in [0.25, 0.3) is 0 Å². The summed E-state index contributed by atoms with van der Waals surface area (Å²) in [6, 6.07) is 0. The number of hydrogen-bond donors (Lipinski definition) is 0. The first-order valence-corrected chi connectivity index (χ1v) is 36.4. The molecule has 12 nitrogen and oxygen atoms in total. The van der Waals surface area contributed by atoms with E-state index in [0.717, 1.165) is 25.7 Å². The van der Waals surface area contributed by atoms with Crippen molar-refractivity contribution in [1.82, 2.24) is 0 Å². The number of fused-ring (bicyclic) bond motifs is 4. The van der Waals surface area contributed by atoms with E-state index in [-0.39, 0.29) is 116 Å². The third-order valence-electron chi connectivity index (χ3n) is 16.9. The van der Waals surface area contributed by atoms with Crippen LogP contribution in [-0.4, -0.2) is 71.4 Å². The number of cyclic esters (lactones) is 4. The van der Waals surface area contributed by atoms with E-state index in [1.54, 1.807) is 24.3 Å². The van der Waals surface area contributed by atoms with Crippen LogP contribution in [0.2, 0.25) is 0 Å². The van der Waals surface area contributed by atoms with Crippen LogP contribution in [0.1, 0.15) is 207 Å². The minimum Gasteiger partial charge on any atom is -0.462 e. The predicted molar refractivity (Wildman–Crippen MR) is 387 cm³/mol. The first-order chi connectivity index (χ1) is 46.5. The minimum absolute atomic E-state index is 0.151. The van der Waals surface area contributed by atoms with Crippen LogP contribution in [0.5, 0.6) is 0 Å². The van der Waals surface area contributed by atoms with E-state index >= 15 is 0 Å². The molecule has 0 saturated carbocycles. The number of hydrogen-bond acceptors (Lipinski definition) is 12. The predicted octanol–water partition coefficient (Wildman–Crippen LogP) is 20.1. The first-order valence-electron chi connectivity index (χ1n) is 34.9. The number of ether oxygens (including phenoxy) is 4. The molecule has 4 aliphatic carbocycles. The summed E-state index contributed by atoms with van der Waals surface area (Å²) in [7, 11) is 0. The molecule has 5 rings (SSSR count). The Morgan fingerprint density at radius 2 is 0.521 bits per heavy atom. The van der Waals surface area contributed by atoms with Crippen LogP contribution in [0.3, 0.4) is 0 Å². The Morgan fingerprint density at radius 3 is 0.719 bits per heavy atom. The lowest BCUT2D eigenvalue weighted by atomic mass is 9.95. The molecule has 0 aromatic carbocycles. The number of rotatable bonds is 12. The highest BCUT2D eigenvalue weighted by atomic mass is 35.5. The van der Waals surface area contributed by atoms with Gasteiger partial charge >= 0.3 is 23.9 Å². The van der Waals surface area contributed by atoms with Crippen molar-refractivity contribution >= 4 is 93.4 Å². The fraction of sp³-hybridized carbons (Fsp3) is 0.500. The fourth-order valence-corrected chi connectivity index (χ4v) is 12.7. The van der Waals surface area contributed by atoms with E-state index in [2.05, 4.69) is 0 Å². The van der Waals surface area contributed by atoms with E-state index in [9.17, 15) is 38.4 Å². The summed E-state index contributed by atoms with van der Waals surface area (Å²) in [5, 5.41) is 0.604. The van der Waals surface area contributed by atoms with Gasteiger partial charge in [-0.3, -0.25) is 38.4 Å². The summed E-state index contributed by atoms with van der Waals surface area (Å²) in [6.07, 6.45) is 58.2. The lowest BCUT2D eigenvalue weighted by molar-refractivity contribution is -0.149. The molecule has 5 aliphatic rings. The van der Waals surface area contributed by atoms with Crippen LogP contribution >= 0.6 is 46.4 Å². The number of halogens is 4. The van der Waals surface area contributed by atoms with Gasteiger partial charge in [0.05, 0.1) is 20.1 Å². The molecular weight excluding hydrogens is 1290 g/mol. The van der Waals surface area contributed by atoms with Gasteiger partial charge in [0.2, 0.25) is 0 Å². The molecule has 0 aromatic heterocycles. The van der Waals surface area contributed by atoms with Gasteiger partial charge in [0.1, 0.15) is 24.4 Å². The van der Waals surface area contributed by atoms with Gasteiger partial charge in [-0.1, -0.05) is 220 Å². The van der Waals surface area contributed by atoms with Crippen molar-refractivity contribution in [3.63, 3.8) is 0 Å². The second kappa shape index (κ2) is 45.9. The Bertz CT molecular complexity index is 2750. The second-order valence-corrected chi connectivity index (χ2v) is 26.3. The van der Waals surface area contributed by atoms with E-state index in [1.165, 1.54) is 0 Å². The quantitative estimate of drug-likeness (QED) is 0.103. The molecule has 0 spiro atoms. The summed E-state index contributed by atoms with van der Waals surface area (Å²) >= 11 is 25.7. The minimum atomic E-state index is -0.491. The SMILES string of the molecule is CC/C=C\C[C@H]1CC=C2C(=O)C(Cl)=C[C@@H]2CC=CCCCC(=O)O[C@H](C/C=C\CC)CC=C2C(=O)C(Cl)=CC2CC=CCCCC(=O)O[C@@H](C/C=C\CC)CC=C2C(=O)C(Cl)=C[C@@H]2CC=CCCCC(=O)O[C@H](C/C=C\CC)CC=C2C(=O)C(Cl)=CC2CC=CCCCC(=O)O1. The zero-order valence-electron chi connectivity index (χ0n) is 56.7. The van der Waals surface area contributed by atoms with Crippen molar-refractivity contribution in [3.05, 3.63) is 188 Å². The average Bonchev–Trinajstić information content (AvgIpc) is 1.79. The lowest BCUT2D eigenvalue weighted by Gasteiger charge is -2.16. The molecule has 8 atom stereocenters. The van der Waals surface area contributed by atoms with E-state index < -0.39 is 24.4 Å². The first kappa shape index (κ1) is 80.2. The highest BCUT2D eigenvalue weighted by Crippen LogP contribution is 2.37. The number of ketones is 4.